The summed E-state index contributed by atoms with van der Waals surface area (Å²) >= 11 is 0. The number of hydrogen-bond donors (Lipinski definition) is 1. The maximum Gasteiger partial charge on any atom is 0.00202 e. The predicted octanol–water partition coefficient (Wildman–Crippen LogP) is 4.93. The van der Waals surface area contributed by atoms with Crippen LogP contribution in [0.25, 0.3) is 0 Å². The minimum absolute atomic E-state index is 0.833. The van der Waals surface area contributed by atoms with Crippen LogP contribution in [0.2, 0.25) is 0 Å². The van der Waals surface area contributed by atoms with Crippen molar-refractivity contribution in [1.82, 2.24) is 5.32 Å². The van der Waals surface area contributed by atoms with Crippen molar-refractivity contribution < 1.29 is 0 Å². The van der Waals surface area contributed by atoms with Crippen LogP contribution in [-0.4, -0.2) is 13.1 Å². The van der Waals surface area contributed by atoms with Crippen LogP contribution in [0.5, 0.6) is 0 Å². The Morgan fingerprint density at radius 2 is 1.65 bits per heavy atom. The van der Waals surface area contributed by atoms with Crippen LogP contribution in [-0.2, 0) is 0 Å². The van der Waals surface area contributed by atoms with Crippen molar-refractivity contribution in [3.63, 3.8) is 0 Å². The summed E-state index contributed by atoms with van der Waals surface area (Å²) in [7, 11) is 0. The molecule has 17 heavy (non-hydrogen) atoms. The number of rotatable bonds is 4. The Morgan fingerprint density at radius 1 is 1.06 bits per heavy atom. The van der Waals surface area contributed by atoms with E-state index in [9.17, 15) is 0 Å². The lowest BCUT2D eigenvalue weighted by atomic mass is 9.65. The van der Waals surface area contributed by atoms with Crippen molar-refractivity contribution in [2.75, 3.05) is 13.1 Å². The Bertz CT molecular complexity index is 149. The molecule has 0 amide bonds. The molecule has 1 N–H and O–H groups in total. The first kappa shape index (κ1) is 16.7. The van der Waals surface area contributed by atoms with Crippen LogP contribution in [0, 0.1) is 5.41 Å². The molecule has 1 aliphatic carbocycles. The molecule has 1 spiro atoms. The van der Waals surface area contributed by atoms with E-state index in [-0.39, 0.29) is 0 Å². The Hall–Kier alpha value is -0.300. The first-order valence-electron chi connectivity index (χ1n) is 7.56. The summed E-state index contributed by atoms with van der Waals surface area (Å²) in [5.41, 5.74) is 0.833. The van der Waals surface area contributed by atoms with Crippen molar-refractivity contribution >= 4 is 0 Å². The zero-order chi connectivity index (χ0) is 13.0. The molecule has 2 rings (SSSR count). The third-order valence-electron chi connectivity index (χ3n) is 3.61. The zero-order valence-electron chi connectivity index (χ0n) is 12.4. The molecule has 0 radical (unpaired) electrons. The largest absolute Gasteiger partial charge is 0.316 e. The molecule has 0 aromatic carbocycles. The van der Waals surface area contributed by atoms with Gasteiger partial charge in [0, 0.05) is 13.1 Å². The quantitative estimate of drug-likeness (QED) is 0.686. The molecule has 102 valence electrons. The monoisotopic (exact) mass is 239 g/mol. The van der Waals surface area contributed by atoms with Gasteiger partial charge in [-0.3, -0.25) is 0 Å². The number of allylic oxidation sites excluding steroid dienone is 1. The summed E-state index contributed by atoms with van der Waals surface area (Å²) in [6.07, 6.45) is 12.9. The molecule has 0 aromatic heterocycles. The van der Waals surface area contributed by atoms with E-state index in [0.717, 1.165) is 11.8 Å². The second-order valence-corrected chi connectivity index (χ2v) is 5.39. The van der Waals surface area contributed by atoms with Gasteiger partial charge in [0.15, 0.2) is 0 Å². The van der Waals surface area contributed by atoms with E-state index in [2.05, 4.69) is 32.7 Å². The molecular formula is C16H33N. The second kappa shape index (κ2) is 10.8. The maximum atomic E-state index is 3.55. The van der Waals surface area contributed by atoms with Gasteiger partial charge in [0.1, 0.15) is 0 Å². The third kappa shape index (κ3) is 7.59. The van der Waals surface area contributed by atoms with Crippen molar-refractivity contribution in [1.29, 1.82) is 0 Å². The lowest BCUT2D eigenvalue weighted by Crippen LogP contribution is -2.57. The van der Waals surface area contributed by atoms with Gasteiger partial charge >= 0.3 is 0 Å². The molecule has 2 aliphatic rings. The molecule has 1 heterocycles. The van der Waals surface area contributed by atoms with Crippen molar-refractivity contribution in [3.05, 3.63) is 12.7 Å². The summed E-state index contributed by atoms with van der Waals surface area (Å²) in [6, 6.07) is 0. The number of hydrogen-bond acceptors (Lipinski definition) is 1. The first-order chi connectivity index (χ1) is 8.24. The van der Waals surface area contributed by atoms with Gasteiger partial charge in [-0.2, -0.15) is 0 Å². The van der Waals surface area contributed by atoms with Crippen LogP contribution >= 0.6 is 0 Å². The summed E-state index contributed by atoms with van der Waals surface area (Å²) in [5.74, 6) is 0. The highest BCUT2D eigenvalue weighted by Crippen LogP contribution is 2.43. The summed E-state index contributed by atoms with van der Waals surface area (Å²) in [6.45, 7) is 12.7. The smallest absolute Gasteiger partial charge is 0.00202 e. The van der Waals surface area contributed by atoms with Crippen LogP contribution in [0.15, 0.2) is 12.7 Å². The van der Waals surface area contributed by atoms with Crippen molar-refractivity contribution in [2.45, 2.75) is 72.1 Å². The molecule has 1 aliphatic heterocycles. The predicted molar refractivity (Wildman–Crippen MR) is 79.5 cm³/mol. The fourth-order valence-corrected chi connectivity index (χ4v) is 2.07. The molecule has 0 aromatic rings. The Kier molecular flexibility index (Phi) is 10.6. The molecular weight excluding hydrogens is 206 g/mol. The second-order valence-electron chi connectivity index (χ2n) is 5.39. The first-order valence-corrected chi connectivity index (χ1v) is 7.56. The Balaban J connectivity index is 0.000000235. The lowest BCUT2D eigenvalue weighted by molar-refractivity contribution is 0.0603. The molecule has 1 saturated carbocycles. The fourth-order valence-electron chi connectivity index (χ4n) is 2.07. The van der Waals surface area contributed by atoms with Crippen LogP contribution in [0.4, 0.5) is 0 Å². The highest BCUT2D eigenvalue weighted by atomic mass is 15.0. The molecule has 0 bridgehead atoms. The Labute approximate surface area is 109 Å². The maximum absolute atomic E-state index is 3.55. The topological polar surface area (TPSA) is 12.0 Å². The van der Waals surface area contributed by atoms with Crippen LogP contribution in [0.3, 0.4) is 0 Å². The van der Waals surface area contributed by atoms with Crippen molar-refractivity contribution in [2.24, 2.45) is 5.41 Å². The van der Waals surface area contributed by atoms with Gasteiger partial charge < -0.3 is 5.32 Å². The normalized spacial score (nSPS) is 18.8. The highest BCUT2D eigenvalue weighted by Gasteiger charge is 2.41. The van der Waals surface area contributed by atoms with Gasteiger partial charge in [0.05, 0.1) is 0 Å². The van der Waals surface area contributed by atoms with Gasteiger partial charge in [0.25, 0.3) is 0 Å². The Morgan fingerprint density at radius 3 is 1.65 bits per heavy atom. The number of nitrogens with one attached hydrogen (secondary N) is 1. The summed E-state index contributed by atoms with van der Waals surface area (Å²) in [4.78, 5) is 0. The third-order valence-corrected chi connectivity index (χ3v) is 3.61. The lowest BCUT2D eigenvalue weighted by Gasteiger charge is -2.49. The van der Waals surface area contributed by atoms with Gasteiger partial charge in [-0.25, -0.2) is 0 Å². The van der Waals surface area contributed by atoms with Crippen LogP contribution in [0.1, 0.15) is 72.1 Å². The van der Waals surface area contributed by atoms with Crippen molar-refractivity contribution in [3.8, 4) is 0 Å². The molecule has 0 unspecified atom stereocenters. The van der Waals surface area contributed by atoms with E-state index in [0.29, 0.717) is 0 Å². The van der Waals surface area contributed by atoms with Gasteiger partial charge in [0.2, 0.25) is 0 Å². The standard InChI is InChI=1S/C6H11N.C5H12.C5H10/c1-2-6(3-1)4-7-5-6;2*1-3-5-4-2/h7H,1-5H2;3-5H2,1-2H3;3H,1,4-5H2,2H3. The zero-order valence-corrected chi connectivity index (χ0v) is 12.4. The molecule has 0 atom stereocenters. The number of unbranched alkanes of at least 4 members (excludes halogenated alkanes) is 3. The van der Waals surface area contributed by atoms with Gasteiger partial charge in [-0.1, -0.05) is 59.0 Å². The van der Waals surface area contributed by atoms with Gasteiger partial charge in [-0.05, 0) is 24.7 Å². The molecule has 2 fully saturated rings. The van der Waals surface area contributed by atoms with E-state index in [1.165, 1.54) is 58.0 Å². The SMILES string of the molecule is C1CC2(C1)CNC2.C=CCCC.CCCCC. The summed E-state index contributed by atoms with van der Waals surface area (Å²) in [5, 5.41) is 3.30. The average molecular weight is 239 g/mol. The van der Waals surface area contributed by atoms with E-state index in [4.69, 9.17) is 0 Å². The van der Waals surface area contributed by atoms with Gasteiger partial charge in [-0.15, -0.1) is 6.58 Å². The van der Waals surface area contributed by atoms with E-state index < -0.39 is 0 Å². The van der Waals surface area contributed by atoms with Crippen LogP contribution < -0.4 is 5.32 Å². The highest BCUT2D eigenvalue weighted by molar-refractivity contribution is 4.97. The minimum Gasteiger partial charge on any atom is -0.316 e. The average Bonchev–Trinajstić information content (AvgIpc) is 2.17. The van der Waals surface area contributed by atoms with E-state index >= 15 is 0 Å². The molecule has 1 nitrogen and oxygen atoms in total. The van der Waals surface area contributed by atoms with E-state index in [1.807, 2.05) is 6.08 Å². The van der Waals surface area contributed by atoms with E-state index in [1.54, 1.807) is 0 Å². The molecule has 1 heteroatoms. The summed E-state index contributed by atoms with van der Waals surface area (Å²) < 4.78 is 0. The minimum atomic E-state index is 0.833. The fraction of sp³-hybridized carbons (Fsp3) is 0.875. The molecule has 1 saturated heterocycles.